The standard InChI is InChI=1S/C23H28N4/c1-14(2)19-12-27(22-17(19)8-7-11-24-22)13-23(5,6)20-16(4)26-21-18(20)10-9-15(3)25-21/h7-12,14H,13H2,1-6H3,(H,25,26). The molecular weight excluding hydrogens is 332 g/mol. The molecule has 4 rings (SSSR count). The number of fused-ring (bicyclic) bond motifs is 2. The van der Waals surface area contributed by atoms with Crippen molar-refractivity contribution in [1.82, 2.24) is 19.5 Å². The highest BCUT2D eigenvalue weighted by molar-refractivity contribution is 5.83. The Morgan fingerprint density at radius 3 is 2.63 bits per heavy atom. The van der Waals surface area contributed by atoms with Crippen LogP contribution < -0.4 is 0 Å². The maximum absolute atomic E-state index is 4.69. The quantitative estimate of drug-likeness (QED) is 0.512. The third kappa shape index (κ3) is 2.93. The third-order valence-corrected chi connectivity index (χ3v) is 5.51. The van der Waals surface area contributed by atoms with Gasteiger partial charge in [0.15, 0.2) is 0 Å². The maximum atomic E-state index is 4.69. The van der Waals surface area contributed by atoms with Crippen molar-refractivity contribution in [3.05, 3.63) is 59.2 Å². The topological polar surface area (TPSA) is 46.5 Å². The Labute approximate surface area is 160 Å². The summed E-state index contributed by atoms with van der Waals surface area (Å²) in [4.78, 5) is 12.9. The molecule has 27 heavy (non-hydrogen) atoms. The van der Waals surface area contributed by atoms with Gasteiger partial charge in [-0.2, -0.15) is 0 Å². The summed E-state index contributed by atoms with van der Waals surface area (Å²) in [6, 6.07) is 8.51. The minimum Gasteiger partial charge on any atom is -0.343 e. The van der Waals surface area contributed by atoms with Gasteiger partial charge in [-0.05, 0) is 55.2 Å². The number of aromatic nitrogens is 4. The molecule has 0 amide bonds. The summed E-state index contributed by atoms with van der Waals surface area (Å²) >= 11 is 0. The second kappa shape index (κ2) is 6.22. The van der Waals surface area contributed by atoms with Crippen molar-refractivity contribution in [3.63, 3.8) is 0 Å². The molecule has 4 heteroatoms. The van der Waals surface area contributed by atoms with Crippen LogP contribution in [0.3, 0.4) is 0 Å². The number of pyridine rings is 2. The Kier molecular flexibility index (Phi) is 4.10. The van der Waals surface area contributed by atoms with Gasteiger partial charge in [0.25, 0.3) is 0 Å². The van der Waals surface area contributed by atoms with Crippen LogP contribution in [0.5, 0.6) is 0 Å². The first-order valence-electron chi connectivity index (χ1n) is 9.68. The van der Waals surface area contributed by atoms with E-state index in [1.165, 1.54) is 27.6 Å². The number of rotatable bonds is 4. The number of nitrogens with one attached hydrogen (secondary N) is 1. The molecule has 4 aromatic rings. The summed E-state index contributed by atoms with van der Waals surface area (Å²) in [5.41, 5.74) is 6.93. The van der Waals surface area contributed by atoms with Crippen LogP contribution in [-0.2, 0) is 12.0 Å². The van der Waals surface area contributed by atoms with E-state index < -0.39 is 0 Å². The number of hydrogen-bond acceptors (Lipinski definition) is 2. The Balaban J connectivity index is 1.83. The van der Waals surface area contributed by atoms with Gasteiger partial charge in [-0.25, -0.2) is 9.97 Å². The van der Waals surface area contributed by atoms with Gasteiger partial charge in [0, 0.05) is 46.5 Å². The smallest absolute Gasteiger partial charge is 0.140 e. The van der Waals surface area contributed by atoms with Crippen molar-refractivity contribution in [2.24, 2.45) is 0 Å². The lowest BCUT2D eigenvalue weighted by molar-refractivity contribution is 0.442. The van der Waals surface area contributed by atoms with Gasteiger partial charge in [0.1, 0.15) is 11.3 Å². The average Bonchev–Trinajstić information content (AvgIpc) is 3.12. The lowest BCUT2D eigenvalue weighted by Crippen LogP contribution is -2.25. The predicted octanol–water partition coefficient (Wildman–Crippen LogP) is 5.63. The van der Waals surface area contributed by atoms with E-state index in [1.54, 1.807) is 0 Å². The van der Waals surface area contributed by atoms with Crippen LogP contribution in [-0.4, -0.2) is 19.5 Å². The van der Waals surface area contributed by atoms with Gasteiger partial charge in [0.2, 0.25) is 0 Å². The summed E-state index contributed by atoms with van der Waals surface area (Å²) in [7, 11) is 0. The SMILES string of the molecule is Cc1ccc2c(C(C)(C)Cn3cc(C(C)C)c4cccnc43)c(C)[nH]c2n1. The fourth-order valence-electron chi connectivity index (χ4n) is 4.40. The zero-order valence-electron chi connectivity index (χ0n) is 17.1. The molecule has 0 fully saturated rings. The molecule has 0 unspecified atom stereocenters. The van der Waals surface area contributed by atoms with E-state index in [1.807, 2.05) is 19.2 Å². The number of hydrogen-bond donors (Lipinski definition) is 1. The van der Waals surface area contributed by atoms with Crippen LogP contribution in [0.2, 0.25) is 0 Å². The second-order valence-electron chi connectivity index (χ2n) is 8.60. The molecule has 0 spiro atoms. The molecule has 4 nitrogen and oxygen atoms in total. The third-order valence-electron chi connectivity index (χ3n) is 5.51. The first-order valence-corrected chi connectivity index (χ1v) is 9.68. The summed E-state index contributed by atoms with van der Waals surface area (Å²) in [5, 5.41) is 2.48. The molecule has 4 aromatic heterocycles. The van der Waals surface area contributed by atoms with E-state index in [-0.39, 0.29) is 5.41 Å². The van der Waals surface area contributed by atoms with E-state index in [4.69, 9.17) is 0 Å². The highest BCUT2D eigenvalue weighted by Crippen LogP contribution is 2.36. The van der Waals surface area contributed by atoms with Crippen LogP contribution in [0, 0.1) is 13.8 Å². The summed E-state index contributed by atoms with van der Waals surface area (Å²) in [5.74, 6) is 0.475. The Bertz CT molecular complexity index is 1130. The van der Waals surface area contributed by atoms with Crippen molar-refractivity contribution in [2.75, 3.05) is 0 Å². The molecule has 0 aliphatic rings. The molecular formula is C23H28N4. The van der Waals surface area contributed by atoms with Gasteiger partial charge in [-0.3, -0.25) is 0 Å². The highest BCUT2D eigenvalue weighted by atomic mass is 15.0. The molecule has 0 radical (unpaired) electrons. The van der Waals surface area contributed by atoms with Crippen LogP contribution in [0.15, 0.2) is 36.7 Å². The highest BCUT2D eigenvalue weighted by Gasteiger charge is 2.28. The molecule has 0 saturated heterocycles. The van der Waals surface area contributed by atoms with Crippen LogP contribution in [0.25, 0.3) is 22.1 Å². The Morgan fingerprint density at radius 2 is 1.89 bits per heavy atom. The molecule has 0 aliphatic heterocycles. The van der Waals surface area contributed by atoms with Gasteiger partial charge < -0.3 is 9.55 Å². The van der Waals surface area contributed by atoms with Crippen molar-refractivity contribution >= 4 is 22.1 Å². The average molecular weight is 361 g/mol. The predicted molar refractivity (Wildman–Crippen MR) is 112 cm³/mol. The van der Waals surface area contributed by atoms with Gasteiger partial charge >= 0.3 is 0 Å². The zero-order valence-corrected chi connectivity index (χ0v) is 17.1. The summed E-state index contributed by atoms with van der Waals surface area (Å²) < 4.78 is 2.32. The van der Waals surface area contributed by atoms with Crippen LogP contribution in [0.1, 0.15) is 56.1 Å². The van der Waals surface area contributed by atoms with E-state index in [0.29, 0.717) is 5.92 Å². The van der Waals surface area contributed by atoms with E-state index in [9.17, 15) is 0 Å². The molecule has 0 aromatic carbocycles. The lowest BCUT2D eigenvalue weighted by atomic mass is 9.82. The lowest BCUT2D eigenvalue weighted by Gasteiger charge is -2.26. The van der Waals surface area contributed by atoms with Gasteiger partial charge in [-0.1, -0.05) is 27.7 Å². The van der Waals surface area contributed by atoms with Gasteiger partial charge in [0.05, 0.1) is 0 Å². The van der Waals surface area contributed by atoms with Crippen molar-refractivity contribution in [3.8, 4) is 0 Å². The summed E-state index contributed by atoms with van der Waals surface area (Å²) in [6.45, 7) is 14.2. The molecule has 140 valence electrons. The van der Waals surface area contributed by atoms with Crippen molar-refractivity contribution < 1.29 is 0 Å². The van der Waals surface area contributed by atoms with Gasteiger partial charge in [-0.15, -0.1) is 0 Å². The molecule has 0 saturated carbocycles. The number of nitrogens with zero attached hydrogens (tertiary/aromatic N) is 3. The number of aromatic amines is 1. The normalized spacial score (nSPS) is 12.6. The van der Waals surface area contributed by atoms with Crippen LogP contribution >= 0.6 is 0 Å². The zero-order chi connectivity index (χ0) is 19.3. The van der Waals surface area contributed by atoms with Crippen LogP contribution in [0.4, 0.5) is 0 Å². The minimum absolute atomic E-state index is 0.0585. The fraction of sp³-hybridized carbons (Fsp3) is 0.391. The Hall–Kier alpha value is -2.62. The van der Waals surface area contributed by atoms with Crippen molar-refractivity contribution in [2.45, 2.75) is 59.4 Å². The monoisotopic (exact) mass is 360 g/mol. The molecule has 0 bridgehead atoms. The Morgan fingerprint density at radius 1 is 1.11 bits per heavy atom. The van der Waals surface area contributed by atoms with E-state index in [2.05, 4.69) is 78.5 Å². The van der Waals surface area contributed by atoms with Crippen molar-refractivity contribution in [1.29, 1.82) is 0 Å². The molecule has 1 N–H and O–H groups in total. The number of H-pyrrole nitrogens is 1. The maximum Gasteiger partial charge on any atom is 0.140 e. The number of aryl methyl sites for hydroxylation is 2. The minimum atomic E-state index is -0.0585. The second-order valence-corrected chi connectivity index (χ2v) is 8.60. The fourth-order valence-corrected chi connectivity index (χ4v) is 4.40. The summed E-state index contributed by atoms with van der Waals surface area (Å²) in [6.07, 6.45) is 4.18. The first-order chi connectivity index (χ1) is 12.8. The van der Waals surface area contributed by atoms with E-state index in [0.717, 1.165) is 23.5 Å². The molecule has 0 aliphatic carbocycles. The first kappa shape index (κ1) is 17.8. The largest absolute Gasteiger partial charge is 0.343 e. The molecule has 4 heterocycles. The van der Waals surface area contributed by atoms with E-state index >= 15 is 0 Å². The molecule has 0 atom stereocenters.